The molecule has 0 bridgehead atoms. The van der Waals surface area contributed by atoms with Crippen molar-refractivity contribution in [3.8, 4) is 11.5 Å². The van der Waals surface area contributed by atoms with Crippen LogP contribution in [-0.2, 0) is 0 Å². The smallest absolute Gasteiger partial charge is 0.142 e. The van der Waals surface area contributed by atoms with Crippen LogP contribution in [-0.4, -0.2) is 5.11 Å². The Morgan fingerprint density at radius 3 is 2.58 bits per heavy atom. The maximum Gasteiger partial charge on any atom is 0.142 e. The Labute approximate surface area is 123 Å². The van der Waals surface area contributed by atoms with Gasteiger partial charge in [-0.25, -0.2) is 4.39 Å². The number of aliphatic hydroxyl groups excluding tert-OH is 1. The summed E-state index contributed by atoms with van der Waals surface area (Å²) in [5.41, 5.74) is 0.774. The lowest BCUT2D eigenvalue weighted by atomic mass is 10.1. The van der Waals surface area contributed by atoms with Crippen LogP contribution in [0, 0.1) is 5.82 Å². The molecule has 0 aliphatic rings. The molecule has 0 heterocycles. The molecule has 0 spiro atoms. The van der Waals surface area contributed by atoms with Gasteiger partial charge in [0, 0.05) is 6.07 Å². The number of hydrogen-bond donors (Lipinski definition) is 1. The number of benzene rings is 2. The molecule has 100 valence electrons. The normalized spacial score (nSPS) is 12.3. The van der Waals surface area contributed by atoms with Crippen molar-refractivity contribution in [3.63, 3.8) is 0 Å². The van der Waals surface area contributed by atoms with E-state index in [-0.39, 0.29) is 5.02 Å². The Kier molecular flexibility index (Phi) is 4.45. The van der Waals surface area contributed by atoms with Gasteiger partial charge in [0.1, 0.15) is 17.3 Å². The number of hydrogen-bond acceptors (Lipinski definition) is 2. The van der Waals surface area contributed by atoms with E-state index in [1.807, 2.05) is 0 Å². The van der Waals surface area contributed by atoms with Crippen LogP contribution in [0.4, 0.5) is 4.39 Å². The predicted octanol–water partition coefficient (Wildman–Crippen LogP) is 5.09. The van der Waals surface area contributed by atoms with Crippen molar-refractivity contribution < 1.29 is 14.2 Å². The summed E-state index contributed by atoms with van der Waals surface area (Å²) in [4.78, 5) is 0. The summed E-state index contributed by atoms with van der Waals surface area (Å²) in [5, 5.41) is 9.48. The third-order valence-corrected chi connectivity index (χ3v) is 3.47. The molecule has 1 atom stereocenters. The Hall–Kier alpha value is -1.10. The van der Waals surface area contributed by atoms with Gasteiger partial charge in [-0.1, -0.05) is 17.7 Å². The number of ether oxygens (including phenoxy) is 1. The van der Waals surface area contributed by atoms with Crippen LogP contribution < -0.4 is 4.74 Å². The highest BCUT2D eigenvalue weighted by Crippen LogP contribution is 2.33. The van der Waals surface area contributed by atoms with E-state index in [2.05, 4.69) is 15.9 Å². The van der Waals surface area contributed by atoms with E-state index in [0.717, 1.165) is 5.56 Å². The molecule has 5 heteroatoms. The van der Waals surface area contributed by atoms with Gasteiger partial charge in [0.25, 0.3) is 0 Å². The largest absolute Gasteiger partial charge is 0.456 e. The highest BCUT2D eigenvalue weighted by molar-refractivity contribution is 9.10. The van der Waals surface area contributed by atoms with E-state index in [1.165, 1.54) is 18.2 Å². The number of halogens is 3. The molecule has 2 rings (SSSR count). The molecule has 0 aromatic heterocycles. The van der Waals surface area contributed by atoms with Crippen molar-refractivity contribution in [1.82, 2.24) is 0 Å². The Morgan fingerprint density at radius 2 is 2.00 bits per heavy atom. The molecular weight excluding hydrogens is 335 g/mol. The summed E-state index contributed by atoms with van der Waals surface area (Å²) >= 11 is 9.05. The summed E-state index contributed by atoms with van der Waals surface area (Å²) < 4.78 is 19.3. The molecular formula is C14H11BrClFO2. The first-order chi connectivity index (χ1) is 8.97. The van der Waals surface area contributed by atoms with Crippen LogP contribution in [0.3, 0.4) is 0 Å². The lowest BCUT2D eigenvalue weighted by Gasteiger charge is -2.11. The van der Waals surface area contributed by atoms with Crippen molar-refractivity contribution in [2.45, 2.75) is 13.0 Å². The fourth-order valence-corrected chi connectivity index (χ4v) is 2.17. The molecule has 2 nitrogen and oxygen atoms in total. The van der Waals surface area contributed by atoms with Crippen molar-refractivity contribution in [2.75, 3.05) is 0 Å². The first kappa shape index (κ1) is 14.3. The van der Waals surface area contributed by atoms with Crippen LogP contribution in [0.5, 0.6) is 11.5 Å². The maximum absolute atomic E-state index is 13.0. The van der Waals surface area contributed by atoms with Gasteiger partial charge in [0.15, 0.2) is 0 Å². The standard InChI is InChI=1S/C14H11BrClFO2/c1-8(18)9-2-5-14(11(15)6-9)19-10-3-4-13(17)12(16)7-10/h2-8,18H,1H3/t8-/m0/s1. The minimum absolute atomic E-state index is 0.00854. The zero-order valence-electron chi connectivity index (χ0n) is 10.0. The molecule has 0 unspecified atom stereocenters. The molecule has 0 radical (unpaired) electrons. The van der Waals surface area contributed by atoms with Crippen LogP contribution in [0.2, 0.25) is 5.02 Å². The topological polar surface area (TPSA) is 29.5 Å². The summed E-state index contributed by atoms with van der Waals surface area (Å²) in [5.74, 6) is 0.515. The third kappa shape index (κ3) is 3.47. The Bertz CT molecular complexity index is 602. The lowest BCUT2D eigenvalue weighted by molar-refractivity contribution is 0.199. The molecule has 0 amide bonds. The van der Waals surface area contributed by atoms with Crippen molar-refractivity contribution >= 4 is 27.5 Å². The highest BCUT2D eigenvalue weighted by atomic mass is 79.9. The number of aliphatic hydroxyl groups is 1. The molecule has 0 saturated carbocycles. The molecule has 19 heavy (non-hydrogen) atoms. The van der Waals surface area contributed by atoms with Crippen LogP contribution in [0.15, 0.2) is 40.9 Å². The van der Waals surface area contributed by atoms with Gasteiger partial charge >= 0.3 is 0 Å². The number of rotatable bonds is 3. The summed E-state index contributed by atoms with van der Waals surface area (Å²) in [6, 6.07) is 9.41. The zero-order chi connectivity index (χ0) is 14.0. The minimum atomic E-state index is -0.550. The molecule has 0 aliphatic heterocycles. The van der Waals surface area contributed by atoms with E-state index in [4.69, 9.17) is 16.3 Å². The van der Waals surface area contributed by atoms with Gasteiger partial charge in [-0.05, 0) is 52.7 Å². The van der Waals surface area contributed by atoms with E-state index in [9.17, 15) is 9.50 Å². The lowest BCUT2D eigenvalue weighted by Crippen LogP contribution is -1.92. The molecule has 2 aromatic carbocycles. The molecule has 0 fully saturated rings. The molecule has 0 aliphatic carbocycles. The van der Waals surface area contributed by atoms with Crippen LogP contribution in [0.25, 0.3) is 0 Å². The van der Waals surface area contributed by atoms with E-state index >= 15 is 0 Å². The average Bonchev–Trinajstić information content (AvgIpc) is 2.36. The van der Waals surface area contributed by atoms with E-state index in [1.54, 1.807) is 25.1 Å². The summed E-state index contributed by atoms with van der Waals surface area (Å²) in [7, 11) is 0. The quantitative estimate of drug-likeness (QED) is 0.840. The fourth-order valence-electron chi connectivity index (χ4n) is 1.53. The van der Waals surface area contributed by atoms with Crippen molar-refractivity contribution in [2.24, 2.45) is 0 Å². The first-order valence-corrected chi connectivity index (χ1v) is 6.75. The van der Waals surface area contributed by atoms with Crippen molar-refractivity contribution in [1.29, 1.82) is 0 Å². The SMILES string of the molecule is C[C@H](O)c1ccc(Oc2ccc(F)c(Cl)c2)c(Br)c1. The molecule has 1 N–H and O–H groups in total. The third-order valence-electron chi connectivity index (χ3n) is 2.56. The maximum atomic E-state index is 13.0. The van der Waals surface area contributed by atoms with Gasteiger partial charge in [0.05, 0.1) is 15.6 Å². The minimum Gasteiger partial charge on any atom is -0.456 e. The summed E-state index contributed by atoms with van der Waals surface area (Å²) in [6.07, 6.45) is -0.550. The second-order valence-corrected chi connectivity index (χ2v) is 5.31. The molecule has 0 saturated heterocycles. The molecule has 2 aromatic rings. The predicted molar refractivity (Wildman–Crippen MR) is 76.3 cm³/mol. The van der Waals surface area contributed by atoms with Gasteiger partial charge in [-0.3, -0.25) is 0 Å². The second kappa shape index (κ2) is 5.90. The first-order valence-electron chi connectivity index (χ1n) is 5.58. The fraction of sp³-hybridized carbons (Fsp3) is 0.143. The van der Waals surface area contributed by atoms with E-state index in [0.29, 0.717) is 16.0 Å². The van der Waals surface area contributed by atoms with Gasteiger partial charge in [0.2, 0.25) is 0 Å². The monoisotopic (exact) mass is 344 g/mol. The van der Waals surface area contributed by atoms with Crippen molar-refractivity contribution in [3.05, 3.63) is 57.3 Å². The van der Waals surface area contributed by atoms with Gasteiger partial charge in [-0.2, -0.15) is 0 Å². The Morgan fingerprint density at radius 1 is 1.26 bits per heavy atom. The highest BCUT2D eigenvalue weighted by Gasteiger charge is 2.08. The van der Waals surface area contributed by atoms with Gasteiger partial charge < -0.3 is 9.84 Å². The second-order valence-electron chi connectivity index (χ2n) is 4.04. The summed E-state index contributed by atoms with van der Waals surface area (Å²) in [6.45, 7) is 1.68. The average molecular weight is 346 g/mol. The Balaban J connectivity index is 2.25. The van der Waals surface area contributed by atoms with Gasteiger partial charge in [-0.15, -0.1) is 0 Å². The zero-order valence-corrected chi connectivity index (χ0v) is 12.4. The van der Waals surface area contributed by atoms with Crippen LogP contribution >= 0.6 is 27.5 Å². The van der Waals surface area contributed by atoms with E-state index < -0.39 is 11.9 Å². The van der Waals surface area contributed by atoms with Crippen LogP contribution in [0.1, 0.15) is 18.6 Å².